The maximum Gasteiger partial charge on any atom is 0.199 e. The minimum atomic E-state index is -0.0496. The van der Waals surface area contributed by atoms with Crippen LogP contribution >= 0.6 is 23.6 Å². The second kappa shape index (κ2) is 6.39. The van der Waals surface area contributed by atoms with E-state index in [9.17, 15) is 5.11 Å². The summed E-state index contributed by atoms with van der Waals surface area (Å²) >= 11 is 7.30. The first-order chi connectivity index (χ1) is 10.2. The van der Waals surface area contributed by atoms with Gasteiger partial charge in [-0.25, -0.2) is 4.68 Å². The standard InChI is InChI=1S/C14H20N4OS2/c1-16(7-6-12-3-2-8-21-12)10-17-14(20)18(11-4-5-11)13(9-19)15-17/h2-3,8,11,19H,4-7,9-10H2,1H3. The van der Waals surface area contributed by atoms with Gasteiger partial charge in [-0.3, -0.25) is 9.47 Å². The van der Waals surface area contributed by atoms with Gasteiger partial charge in [-0.2, -0.15) is 5.10 Å². The lowest BCUT2D eigenvalue weighted by Crippen LogP contribution is -2.25. The van der Waals surface area contributed by atoms with Crippen molar-refractivity contribution in [1.29, 1.82) is 0 Å². The Morgan fingerprint density at radius 1 is 1.52 bits per heavy atom. The Hall–Kier alpha value is -1.02. The summed E-state index contributed by atoms with van der Waals surface area (Å²) in [6.07, 6.45) is 3.32. The van der Waals surface area contributed by atoms with E-state index in [4.69, 9.17) is 12.2 Å². The van der Waals surface area contributed by atoms with Crippen molar-refractivity contribution in [2.45, 2.75) is 38.6 Å². The van der Waals surface area contributed by atoms with Gasteiger partial charge >= 0.3 is 0 Å². The molecule has 2 aromatic heterocycles. The predicted octanol–water partition coefficient (Wildman–Crippen LogP) is 2.43. The van der Waals surface area contributed by atoms with E-state index in [2.05, 4.69) is 34.6 Å². The van der Waals surface area contributed by atoms with Crippen LogP contribution in [0.1, 0.15) is 29.6 Å². The van der Waals surface area contributed by atoms with Crippen LogP contribution in [0.3, 0.4) is 0 Å². The number of aromatic nitrogens is 3. The van der Waals surface area contributed by atoms with Gasteiger partial charge in [0.1, 0.15) is 6.61 Å². The van der Waals surface area contributed by atoms with Gasteiger partial charge in [0.25, 0.3) is 0 Å². The molecule has 0 bridgehead atoms. The third-order valence-corrected chi connectivity index (χ3v) is 5.03. The molecule has 114 valence electrons. The Morgan fingerprint density at radius 2 is 2.33 bits per heavy atom. The Kier molecular flexibility index (Phi) is 4.54. The van der Waals surface area contributed by atoms with E-state index in [0.717, 1.165) is 30.6 Å². The number of hydrogen-bond acceptors (Lipinski definition) is 5. The third kappa shape index (κ3) is 3.42. The minimum absolute atomic E-state index is 0.0496. The Bertz CT molecular complexity index is 642. The third-order valence-electron chi connectivity index (χ3n) is 3.69. The molecule has 2 heterocycles. The highest BCUT2D eigenvalue weighted by atomic mass is 32.1. The van der Waals surface area contributed by atoms with Gasteiger partial charge in [-0.05, 0) is 50.0 Å². The summed E-state index contributed by atoms with van der Waals surface area (Å²) in [5.41, 5.74) is 0. The zero-order valence-corrected chi connectivity index (χ0v) is 13.7. The van der Waals surface area contributed by atoms with E-state index in [0.29, 0.717) is 18.5 Å². The van der Waals surface area contributed by atoms with Crippen LogP contribution in [0.5, 0.6) is 0 Å². The summed E-state index contributed by atoms with van der Waals surface area (Å²) in [6, 6.07) is 4.70. The van der Waals surface area contributed by atoms with Gasteiger partial charge in [0.15, 0.2) is 10.6 Å². The number of hydrogen-bond donors (Lipinski definition) is 1. The zero-order valence-electron chi connectivity index (χ0n) is 12.1. The normalized spacial score (nSPS) is 15.0. The molecular formula is C14H20N4OS2. The second-order valence-corrected chi connectivity index (χ2v) is 6.91. The highest BCUT2D eigenvalue weighted by molar-refractivity contribution is 7.71. The molecular weight excluding hydrogens is 304 g/mol. The van der Waals surface area contributed by atoms with Crippen LogP contribution < -0.4 is 0 Å². The highest BCUT2D eigenvalue weighted by Crippen LogP contribution is 2.36. The van der Waals surface area contributed by atoms with Gasteiger partial charge in [0.2, 0.25) is 0 Å². The SMILES string of the molecule is CN(CCc1cccs1)Cn1nc(CO)n(C2CC2)c1=S. The van der Waals surface area contributed by atoms with Crippen molar-refractivity contribution in [3.8, 4) is 0 Å². The fraction of sp³-hybridized carbons (Fsp3) is 0.571. The molecule has 1 saturated carbocycles. The van der Waals surface area contributed by atoms with E-state index in [1.165, 1.54) is 4.88 Å². The number of likely N-dealkylation sites (N-methyl/N-ethyl adjacent to an activating group) is 1. The molecule has 7 heteroatoms. The first-order valence-corrected chi connectivity index (χ1v) is 8.48. The van der Waals surface area contributed by atoms with Crippen LogP contribution in [0.25, 0.3) is 0 Å². The van der Waals surface area contributed by atoms with Crippen molar-refractivity contribution in [3.63, 3.8) is 0 Å². The van der Waals surface area contributed by atoms with Crippen LogP contribution in [0, 0.1) is 4.77 Å². The highest BCUT2D eigenvalue weighted by Gasteiger charge is 2.28. The number of aliphatic hydroxyl groups excluding tert-OH is 1. The molecule has 1 aliphatic rings. The van der Waals surface area contributed by atoms with Crippen molar-refractivity contribution in [2.75, 3.05) is 13.6 Å². The molecule has 1 fully saturated rings. The molecule has 1 aliphatic carbocycles. The molecule has 0 unspecified atom stereocenters. The molecule has 0 spiro atoms. The summed E-state index contributed by atoms with van der Waals surface area (Å²) in [4.78, 5) is 3.60. The van der Waals surface area contributed by atoms with Gasteiger partial charge in [-0.1, -0.05) is 6.07 Å². The van der Waals surface area contributed by atoms with E-state index in [-0.39, 0.29) is 6.61 Å². The molecule has 0 saturated heterocycles. The van der Waals surface area contributed by atoms with Crippen LogP contribution in [-0.4, -0.2) is 37.9 Å². The van der Waals surface area contributed by atoms with Crippen molar-refractivity contribution < 1.29 is 5.11 Å². The topological polar surface area (TPSA) is 46.2 Å². The van der Waals surface area contributed by atoms with Gasteiger partial charge in [0.05, 0.1) is 6.67 Å². The maximum absolute atomic E-state index is 9.44. The first-order valence-electron chi connectivity index (χ1n) is 7.19. The van der Waals surface area contributed by atoms with Crippen LogP contribution in [0.4, 0.5) is 0 Å². The molecule has 2 aromatic rings. The summed E-state index contributed by atoms with van der Waals surface area (Å²) < 4.78 is 4.57. The first kappa shape index (κ1) is 14.9. The second-order valence-electron chi connectivity index (χ2n) is 5.51. The monoisotopic (exact) mass is 324 g/mol. The molecule has 0 radical (unpaired) electrons. The van der Waals surface area contributed by atoms with Gasteiger partial charge in [-0.15, -0.1) is 11.3 Å². The summed E-state index contributed by atoms with van der Waals surface area (Å²) in [6.45, 7) is 1.58. The Labute approximate surface area is 133 Å². The lowest BCUT2D eigenvalue weighted by atomic mass is 10.3. The Morgan fingerprint density at radius 3 is 2.95 bits per heavy atom. The van der Waals surface area contributed by atoms with Crippen LogP contribution in [-0.2, 0) is 19.7 Å². The van der Waals surface area contributed by atoms with Crippen molar-refractivity contribution >= 4 is 23.6 Å². The quantitative estimate of drug-likeness (QED) is 0.795. The fourth-order valence-electron chi connectivity index (χ4n) is 2.42. The lowest BCUT2D eigenvalue weighted by molar-refractivity contribution is 0.246. The van der Waals surface area contributed by atoms with Gasteiger partial charge < -0.3 is 5.11 Å². The largest absolute Gasteiger partial charge is 0.388 e. The molecule has 21 heavy (non-hydrogen) atoms. The van der Waals surface area contributed by atoms with E-state index in [1.54, 1.807) is 11.3 Å². The van der Waals surface area contributed by atoms with Crippen molar-refractivity contribution in [1.82, 2.24) is 19.2 Å². The molecule has 0 amide bonds. The van der Waals surface area contributed by atoms with E-state index >= 15 is 0 Å². The molecule has 5 nitrogen and oxygen atoms in total. The molecule has 0 aromatic carbocycles. The number of aliphatic hydroxyl groups is 1. The predicted molar refractivity (Wildman–Crippen MR) is 85.9 cm³/mol. The van der Waals surface area contributed by atoms with E-state index < -0.39 is 0 Å². The molecule has 0 aliphatic heterocycles. The lowest BCUT2D eigenvalue weighted by Gasteiger charge is -2.15. The minimum Gasteiger partial charge on any atom is -0.388 e. The molecule has 1 N–H and O–H groups in total. The number of rotatable bonds is 7. The van der Waals surface area contributed by atoms with Crippen LogP contribution in [0.2, 0.25) is 0 Å². The summed E-state index contributed by atoms with van der Waals surface area (Å²) in [7, 11) is 2.07. The van der Waals surface area contributed by atoms with Crippen LogP contribution in [0.15, 0.2) is 17.5 Å². The molecule has 3 rings (SSSR count). The average molecular weight is 324 g/mol. The van der Waals surface area contributed by atoms with Crippen molar-refractivity contribution in [3.05, 3.63) is 33.0 Å². The maximum atomic E-state index is 9.44. The summed E-state index contributed by atoms with van der Waals surface area (Å²) in [5.74, 6) is 0.689. The Balaban J connectivity index is 1.65. The molecule has 0 atom stereocenters. The average Bonchev–Trinajstić information content (AvgIpc) is 3.07. The fourth-order valence-corrected chi connectivity index (χ4v) is 3.47. The summed E-state index contributed by atoms with van der Waals surface area (Å²) in [5, 5.41) is 16.0. The smallest absolute Gasteiger partial charge is 0.199 e. The zero-order chi connectivity index (χ0) is 14.8. The number of nitrogens with zero attached hydrogens (tertiary/aromatic N) is 4. The van der Waals surface area contributed by atoms with E-state index in [1.807, 2.05) is 9.25 Å². The van der Waals surface area contributed by atoms with Gasteiger partial charge in [0, 0.05) is 17.5 Å². The number of thiophene rings is 1. The van der Waals surface area contributed by atoms with Crippen molar-refractivity contribution in [2.24, 2.45) is 0 Å².